The van der Waals surface area contributed by atoms with Crippen LogP contribution in [0, 0.1) is 6.92 Å². The fourth-order valence-electron chi connectivity index (χ4n) is 3.44. The van der Waals surface area contributed by atoms with E-state index in [9.17, 15) is 4.79 Å². The molecule has 0 atom stereocenters. The van der Waals surface area contributed by atoms with Gasteiger partial charge in [-0.25, -0.2) is 4.68 Å². The molecule has 1 aromatic carbocycles. The molecule has 1 amide bonds. The molecular weight excluding hydrogens is 326 g/mol. The van der Waals surface area contributed by atoms with Crippen LogP contribution in [0.5, 0.6) is 5.88 Å². The average molecular weight is 348 g/mol. The number of carbonyl (C=O) groups is 1. The van der Waals surface area contributed by atoms with E-state index in [-0.39, 0.29) is 11.3 Å². The molecule has 1 aromatic heterocycles. The Bertz CT molecular complexity index is 748. The maximum atomic E-state index is 12.7. The largest absolute Gasteiger partial charge is 0.481 e. The summed E-state index contributed by atoms with van der Waals surface area (Å²) in [6, 6.07) is 7.94. The SMILES string of the molecule is COc1c(C(=O)NCC2(c3ccc(Cl)cc3)CCC2)c(C)nn1C. The first-order valence-electron chi connectivity index (χ1n) is 8.09. The molecule has 0 saturated heterocycles. The molecule has 1 fully saturated rings. The molecule has 0 aliphatic heterocycles. The molecule has 1 aliphatic carbocycles. The van der Waals surface area contributed by atoms with Gasteiger partial charge in [-0.15, -0.1) is 0 Å². The maximum Gasteiger partial charge on any atom is 0.258 e. The van der Waals surface area contributed by atoms with Gasteiger partial charge in [0.15, 0.2) is 0 Å². The standard InChI is InChI=1S/C18H22ClN3O2/c1-12-15(17(24-3)22(2)21-12)16(23)20-11-18(9-4-10-18)13-5-7-14(19)8-6-13/h5-8H,4,9-11H2,1-3H3,(H,20,23). The second-order valence-electron chi connectivity index (χ2n) is 6.42. The molecule has 0 radical (unpaired) electrons. The number of aromatic nitrogens is 2. The highest BCUT2D eigenvalue weighted by Crippen LogP contribution is 2.43. The Morgan fingerprint density at radius 1 is 1.38 bits per heavy atom. The summed E-state index contributed by atoms with van der Waals surface area (Å²) in [5.74, 6) is 0.344. The minimum atomic E-state index is -0.141. The summed E-state index contributed by atoms with van der Waals surface area (Å²) in [5.41, 5.74) is 2.41. The molecule has 0 unspecified atom stereocenters. The van der Waals surface area contributed by atoms with E-state index < -0.39 is 0 Å². The molecule has 1 saturated carbocycles. The third-order valence-corrected chi connectivity index (χ3v) is 5.20. The molecule has 0 spiro atoms. The third-order valence-electron chi connectivity index (χ3n) is 4.94. The fraction of sp³-hybridized carbons (Fsp3) is 0.444. The zero-order valence-electron chi connectivity index (χ0n) is 14.2. The Labute approximate surface area is 147 Å². The topological polar surface area (TPSA) is 56.1 Å². The number of benzene rings is 1. The minimum Gasteiger partial charge on any atom is -0.481 e. The zero-order chi connectivity index (χ0) is 17.3. The summed E-state index contributed by atoms with van der Waals surface area (Å²) in [7, 11) is 3.32. The van der Waals surface area contributed by atoms with Crippen LogP contribution in [0.15, 0.2) is 24.3 Å². The second kappa shape index (κ2) is 6.48. The Morgan fingerprint density at radius 3 is 2.58 bits per heavy atom. The predicted octanol–water partition coefficient (Wildman–Crippen LogP) is 3.24. The van der Waals surface area contributed by atoms with Crippen LogP contribution in [0.3, 0.4) is 0 Å². The molecule has 128 valence electrons. The van der Waals surface area contributed by atoms with Crippen molar-refractivity contribution in [3.63, 3.8) is 0 Å². The van der Waals surface area contributed by atoms with Crippen LogP contribution in [-0.4, -0.2) is 29.3 Å². The van der Waals surface area contributed by atoms with Crippen molar-refractivity contribution >= 4 is 17.5 Å². The highest BCUT2D eigenvalue weighted by atomic mass is 35.5. The number of rotatable bonds is 5. The van der Waals surface area contributed by atoms with Crippen molar-refractivity contribution in [3.05, 3.63) is 46.1 Å². The van der Waals surface area contributed by atoms with Gasteiger partial charge in [0.2, 0.25) is 5.88 Å². The van der Waals surface area contributed by atoms with Gasteiger partial charge in [0.05, 0.1) is 12.8 Å². The van der Waals surface area contributed by atoms with Crippen molar-refractivity contribution in [1.29, 1.82) is 0 Å². The van der Waals surface area contributed by atoms with Crippen LogP contribution in [0.4, 0.5) is 0 Å². The normalized spacial score (nSPS) is 15.7. The monoisotopic (exact) mass is 347 g/mol. The minimum absolute atomic E-state index is 0.00357. The molecule has 1 heterocycles. The van der Waals surface area contributed by atoms with Crippen molar-refractivity contribution in [2.45, 2.75) is 31.6 Å². The van der Waals surface area contributed by atoms with E-state index in [0.29, 0.717) is 23.7 Å². The van der Waals surface area contributed by atoms with Gasteiger partial charge >= 0.3 is 0 Å². The molecular formula is C18H22ClN3O2. The summed E-state index contributed by atoms with van der Waals surface area (Å²) in [6.45, 7) is 2.42. The first-order chi connectivity index (χ1) is 11.5. The van der Waals surface area contributed by atoms with Crippen LogP contribution in [0.25, 0.3) is 0 Å². The van der Waals surface area contributed by atoms with Crippen molar-refractivity contribution in [3.8, 4) is 5.88 Å². The van der Waals surface area contributed by atoms with Crippen LogP contribution in [-0.2, 0) is 12.5 Å². The van der Waals surface area contributed by atoms with E-state index in [2.05, 4.69) is 22.5 Å². The van der Waals surface area contributed by atoms with E-state index in [4.69, 9.17) is 16.3 Å². The molecule has 5 nitrogen and oxygen atoms in total. The zero-order valence-corrected chi connectivity index (χ0v) is 15.0. The van der Waals surface area contributed by atoms with Gasteiger partial charge in [0, 0.05) is 24.0 Å². The summed E-state index contributed by atoms with van der Waals surface area (Å²) >= 11 is 5.99. The van der Waals surface area contributed by atoms with Crippen molar-refractivity contribution in [2.75, 3.05) is 13.7 Å². The van der Waals surface area contributed by atoms with Gasteiger partial charge in [0.25, 0.3) is 5.91 Å². The molecule has 1 N–H and O–H groups in total. The third kappa shape index (κ3) is 2.88. The Hall–Kier alpha value is -2.01. The number of halogens is 1. The molecule has 24 heavy (non-hydrogen) atoms. The number of nitrogens with zero attached hydrogens (tertiary/aromatic N) is 2. The summed E-state index contributed by atoms with van der Waals surface area (Å²) in [4.78, 5) is 12.7. The second-order valence-corrected chi connectivity index (χ2v) is 6.85. The van der Waals surface area contributed by atoms with E-state index in [0.717, 1.165) is 17.9 Å². The molecule has 1 aliphatic rings. The first-order valence-corrected chi connectivity index (χ1v) is 8.46. The predicted molar refractivity (Wildman–Crippen MR) is 93.8 cm³/mol. The Balaban J connectivity index is 1.77. The van der Waals surface area contributed by atoms with Crippen molar-refractivity contribution in [1.82, 2.24) is 15.1 Å². The lowest BCUT2D eigenvalue weighted by Crippen LogP contribution is -2.45. The van der Waals surface area contributed by atoms with Crippen LogP contribution in [0.1, 0.15) is 40.9 Å². The van der Waals surface area contributed by atoms with Gasteiger partial charge in [0.1, 0.15) is 5.56 Å². The highest BCUT2D eigenvalue weighted by Gasteiger charge is 2.39. The van der Waals surface area contributed by atoms with Crippen LogP contribution < -0.4 is 10.1 Å². The number of ether oxygens (including phenoxy) is 1. The number of nitrogens with one attached hydrogen (secondary N) is 1. The van der Waals surface area contributed by atoms with E-state index in [1.165, 1.54) is 12.0 Å². The maximum absolute atomic E-state index is 12.7. The average Bonchev–Trinajstić information content (AvgIpc) is 2.81. The highest BCUT2D eigenvalue weighted by molar-refractivity contribution is 6.30. The van der Waals surface area contributed by atoms with Gasteiger partial charge in [-0.1, -0.05) is 30.2 Å². The first kappa shape index (κ1) is 16.8. The number of amides is 1. The number of aryl methyl sites for hydroxylation is 2. The van der Waals surface area contributed by atoms with Crippen molar-refractivity contribution in [2.24, 2.45) is 7.05 Å². The Kier molecular flexibility index (Phi) is 4.54. The lowest BCUT2D eigenvalue weighted by molar-refractivity contribution is 0.0924. The van der Waals surface area contributed by atoms with Gasteiger partial charge in [-0.05, 0) is 37.5 Å². The summed E-state index contributed by atoms with van der Waals surface area (Å²) < 4.78 is 6.90. The van der Waals surface area contributed by atoms with E-state index >= 15 is 0 Å². The van der Waals surface area contributed by atoms with Crippen LogP contribution in [0.2, 0.25) is 5.02 Å². The Morgan fingerprint density at radius 2 is 2.04 bits per heavy atom. The summed E-state index contributed by atoms with van der Waals surface area (Å²) in [5, 5.41) is 8.07. The molecule has 6 heteroatoms. The lowest BCUT2D eigenvalue weighted by Gasteiger charge is -2.42. The molecule has 0 bridgehead atoms. The molecule has 3 rings (SSSR count). The van der Waals surface area contributed by atoms with Gasteiger partial charge < -0.3 is 10.1 Å². The quantitative estimate of drug-likeness (QED) is 0.903. The van der Waals surface area contributed by atoms with Gasteiger partial charge in [-0.3, -0.25) is 4.79 Å². The summed E-state index contributed by atoms with van der Waals surface area (Å²) in [6.07, 6.45) is 3.31. The lowest BCUT2D eigenvalue weighted by atomic mass is 9.64. The van der Waals surface area contributed by atoms with E-state index in [1.54, 1.807) is 18.8 Å². The fourth-order valence-corrected chi connectivity index (χ4v) is 3.57. The van der Waals surface area contributed by atoms with Crippen molar-refractivity contribution < 1.29 is 9.53 Å². The number of methoxy groups -OCH3 is 1. The molecule has 2 aromatic rings. The van der Waals surface area contributed by atoms with Crippen LogP contribution >= 0.6 is 11.6 Å². The number of hydrogen-bond acceptors (Lipinski definition) is 3. The number of carbonyl (C=O) groups excluding carboxylic acids is 1. The smallest absolute Gasteiger partial charge is 0.258 e. The number of hydrogen-bond donors (Lipinski definition) is 1. The van der Waals surface area contributed by atoms with E-state index in [1.807, 2.05) is 19.1 Å². The van der Waals surface area contributed by atoms with Gasteiger partial charge in [-0.2, -0.15) is 5.10 Å².